The zero-order valence-electron chi connectivity index (χ0n) is 18.5. The number of carbonyl (C=O) groups is 2. The smallest absolute Gasteiger partial charge is 0.244 e. The van der Waals surface area contributed by atoms with E-state index in [1.165, 1.54) is 37.1 Å². The fraction of sp³-hybridized carbons (Fsp3) is 0.115. The molecule has 0 saturated carbocycles. The lowest BCUT2D eigenvalue weighted by molar-refractivity contribution is -0.116. The Morgan fingerprint density at radius 2 is 1.74 bits per heavy atom. The summed E-state index contributed by atoms with van der Waals surface area (Å²) in [6, 6.07) is 16.9. The Labute approximate surface area is 194 Å². The number of nitrogens with zero attached hydrogens (tertiary/aromatic N) is 1. The molecule has 0 bridgehead atoms. The van der Waals surface area contributed by atoms with Crippen molar-refractivity contribution in [3.8, 4) is 11.5 Å². The molecule has 0 aliphatic heterocycles. The molecule has 0 aliphatic carbocycles. The first-order chi connectivity index (χ1) is 16.4. The number of ketones is 1. The number of hydrogen-bond donors (Lipinski definition) is 1. The van der Waals surface area contributed by atoms with Gasteiger partial charge in [0, 0.05) is 23.2 Å². The summed E-state index contributed by atoms with van der Waals surface area (Å²) in [5.41, 5.74) is 0.309. The average Bonchev–Trinajstić information content (AvgIpc) is 2.86. The van der Waals surface area contributed by atoms with E-state index in [0.717, 1.165) is 6.07 Å². The van der Waals surface area contributed by atoms with Gasteiger partial charge in [-0.25, -0.2) is 4.39 Å². The minimum atomic E-state index is -0.618. The molecule has 4 rings (SSSR count). The van der Waals surface area contributed by atoms with Crippen LogP contribution < -0.4 is 20.2 Å². The van der Waals surface area contributed by atoms with Gasteiger partial charge in [0.25, 0.3) is 0 Å². The van der Waals surface area contributed by atoms with Gasteiger partial charge >= 0.3 is 0 Å². The molecule has 1 N–H and O–H groups in total. The van der Waals surface area contributed by atoms with Crippen molar-refractivity contribution in [2.45, 2.75) is 6.54 Å². The predicted molar refractivity (Wildman–Crippen MR) is 126 cm³/mol. The number of carbonyl (C=O) groups excluding carboxylic acids is 2. The van der Waals surface area contributed by atoms with E-state index in [-0.39, 0.29) is 17.5 Å². The van der Waals surface area contributed by atoms with Crippen LogP contribution in [0.2, 0.25) is 0 Å². The van der Waals surface area contributed by atoms with Gasteiger partial charge in [0.1, 0.15) is 23.9 Å². The molecule has 3 aromatic carbocycles. The first-order valence-electron chi connectivity index (χ1n) is 10.4. The van der Waals surface area contributed by atoms with Crippen molar-refractivity contribution in [2.75, 3.05) is 19.5 Å². The number of amides is 1. The van der Waals surface area contributed by atoms with Crippen molar-refractivity contribution < 1.29 is 23.5 Å². The molecule has 0 spiro atoms. The van der Waals surface area contributed by atoms with Gasteiger partial charge in [-0.15, -0.1) is 0 Å². The number of nitrogens with one attached hydrogen (secondary N) is 1. The highest BCUT2D eigenvalue weighted by molar-refractivity contribution is 6.10. The molecule has 34 heavy (non-hydrogen) atoms. The van der Waals surface area contributed by atoms with Crippen LogP contribution in [0.5, 0.6) is 11.5 Å². The van der Waals surface area contributed by atoms with Crippen molar-refractivity contribution in [3.63, 3.8) is 0 Å². The lowest BCUT2D eigenvalue weighted by atomic mass is 10.0. The zero-order valence-corrected chi connectivity index (χ0v) is 18.5. The minimum Gasteiger partial charge on any atom is -0.497 e. The second kappa shape index (κ2) is 9.58. The summed E-state index contributed by atoms with van der Waals surface area (Å²) in [5.74, 6) is -0.599. The van der Waals surface area contributed by atoms with Gasteiger partial charge in [-0.05, 0) is 30.3 Å². The zero-order chi connectivity index (χ0) is 24.2. The van der Waals surface area contributed by atoms with Crippen LogP contribution in [-0.2, 0) is 11.3 Å². The van der Waals surface area contributed by atoms with E-state index in [1.54, 1.807) is 48.5 Å². The number of anilines is 1. The third-order valence-corrected chi connectivity index (χ3v) is 5.32. The van der Waals surface area contributed by atoms with Crippen molar-refractivity contribution in [1.29, 1.82) is 0 Å². The number of hydrogen-bond acceptors (Lipinski definition) is 5. The van der Waals surface area contributed by atoms with Crippen LogP contribution in [0, 0.1) is 5.82 Å². The molecule has 0 atom stereocenters. The molecular weight excluding hydrogens is 439 g/mol. The van der Waals surface area contributed by atoms with Crippen molar-refractivity contribution in [3.05, 3.63) is 100 Å². The van der Waals surface area contributed by atoms with Crippen LogP contribution in [0.3, 0.4) is 0 Å². The van der Waals surface area contributed by atoms with Gasteiger partial charge in [-0.3, -0.25) is 14.4 Å². The summed E-state index contributed by atoms with van der Waals surface area (Å²) in [5, 5.41) is 2.77. The van der Waals surface area contributed by atoms with Gasteiger partial charge < -0.3 is 19.4 Å². The first kappa shape index (κ1) is 22.7. The maximum absolute atomic E-state index is 14.0. The summed E-state index contributed by atoms with van der Waals surface area (Å²) < 4.78 is 25.9. The Hall–Kier alpha value is -4.46. The van der Waals surface area contributed by atoms with E-state index >= 15 is 0 Å². The highest BCUT2D eigenvalue weighted by atomic mass is 19.1. The summed E-state index contributed by atoms with van der Waals surface area (Å²) in [7, 11) is 2.99. The first-order valence-corrected chi connectivity index (χ1v) is 10.4. The van der Waals surface area contributed by atoms with Crippen LogP contribution >= 0.6 is 0 Å². The highest BCUT2D eigenvalue weighted by Gasteiger charge is 2.19. The molecule has 7 nitrogen and oxygen atoms in total. The van der Waals surface area contributed by atoms with Gasteiger partial charge in [-0.2, -0.15) is 0 Å². The van der Waals surface area contributed by atoms with Crippen LogP contribution in [0.1, 0.15) is 15.9 Å². The van der Waals surface area contributed by atoms with Crippen molar-refractivity contribution in [2.24, 2.45) is 0 Å². The quantitative estimate of drug-likeness (QED) is 0.421. The van der Waals surface area contributed by atoms with Crippen LogP contribution in [0.25, 0.3) is 10.9 Å². The SMILES string of the molecule is COc1ccc(NC(=O)Cn2cc(C(=O)c3ccccc3)c(=O)c3cc(F)ccc32)c(OC)c1. The number of benzene rings is 3. The van der Waals surface area contributed by atoms with Crippen LogP contribution in [0.4, 0.5) is 10.1 Å². The second-order valence-electron chi connectivity index (χ2n) is 7.47. The number of fused-ring (bicyclic) bond motifs is 1. The Morgan fingerprint density at radius 3 is 2.44 bits per heavy atom. The van der Waals surface area contributed by atoms with Gasteiger partial charge in [-0.1, -0.05) is 30.3 Å². The number of methoxy groups -OCH3 is 2. The molecule has 0 unspecified atom stereocenters. The minimum absolute atomic E-state index is 0.0107. The lowest BCUT2D eigenvalue weighted by Gasteiger charge is -2.15. The fourth-order valence-corrected chi connectivity index (χ4v) is 3.65. The Morgan fingerprint density at radius 1 is 0.971 bits per heavy atom. The largest absolute Gasteiger partial charge is 0.497 e. The monoisotopic (exact) mass is 460 g/mol. The molecule has 8 heteroatoms. The number of rotatable bonds is 7. The van der Waals surface area contributed by atoms with E-state index in [0.29, 0.717) is 28.3 Å². The molecule has 0 radical (unpaired) electrons. The Kier molecular flexibility index (Phi) is 6.40. The number of halogens is 1. The van der Waals surface area contributed by atoms with Crippen molar-refractivity contribution in [1.82, 2.24) is 4.57 Å². The van der Waals surface area contributed by atoms with Gasteiger partial charge in [0.2, 0.25) is 11.3 Å². The molecule has 1 aromatic heterocycles. The summed E-state index contributed by atoms with van der Waals surface area (Å²) >= 11 is 0. The second-order valence-corrected chi connectivity index (χ2v) is 7.47. The topological polar surface area (TPSA) is 86.6 Å². The van der Waals surface area contributed by atoms with Crippen LogP contribution in [-0.4, -0.2) is 30.5 Å². The molecule has 172 valence electrons. The third-order valence-electron chi connectivity index (χ3n) is 5.32. The highest BCUT2D eigenvalue weighted by Crippen LogP contribution is 2.29. The van der Waals surface area contributed by atoms with Crippen molar-refractivity contribution >= 4 is 28.3 Å². The standard InChI is InChI=1S/C26H21FN2O5/c1-33-18-9-10-21(23(13-18)34-2)28-24(30)15-29-14-20(25(31)16-6-4-3-5-7-16)26(32)19-12-17(27)8-11-22(19)29/h3-14H,15H2,1-2H3,(H,28,30). The molecule has 0 aliphatic rings. The van der Waals surface area contributed by atoms with Crippen LogP contribution in [0.15, 0.2) is 77.7 Å². The molecule has 1 heterocycles. The molecular formula is C26H21FN2O5. The molecule has 0 saturated heterocycles. The summed E-state index contributed by atoms with van der Waals surface area (Å²) in [6.07, 6.45) is 1.34. The van der Waals surface area contributed by atoms with E-state index in [4.69, 9.17) is 9.47 Å². The van der Waals surface area contributed by atoms with Gasteiger partial charge in [0.05, 0.1) is 31.0 Å². The Balaban J connectivity index is 1.73. The van der Waals surface area contributed by atoms with E-state index in [1.807, 2.05) is 0 Å². The third kappa shape index (κ3) is 4.52. The lowest BCUT2D eigenvalue weighted by Crippen LogP contribution is -2.24. The molecule has 4 aromatic rings. The number of pyridine rings is 1. The Bertz CT molecular complexity index is 1450. The maximum atomic E-state index is 14.0. The van der Waals surface area contributed by atoms with E-state index in [9.17, 15) is 18.8 Å². The summed E-state index contributed by atoms with van der Waals surface area (Å²) in [4.78, 5) is 39.0. The number of ether oxygens (including phenoxy) is 2. The summed E-state index contributed by atoms with van der Waals surface area (Å²) in [6.45, 7) is -0.229. The normalized spacial score (nSPS) is 10.7. The maximum Gasteiger partial charge on any atom is 0.244 e. The van der Waals surface area contributed by atoms with E-state index in [2.05, 4.69) is 5.32 Å². The predicted octanol–water partition coefficient (Wildman–Crippen LogP) is 4.03. The van der Waals surface area contributed by atoms with Gasteiger partial charge in [0.15, 0.2) is 5.78 Å². The molecule has 0 fully saturated rings. The average molecular weight is 460 g/mol. The number of aromatic nitrogens is 1. The van der Waals surface area contributed by atoms with E-state index < -0.39 is 22.9 Å². The fourth-order valence-electron chi connectivity index (χ4n) is 3.65. The molecule has 1 amide bonds.